The smallest absolute Gasteiger partial charge is 0.265 e. The van der Waals surface area contributed by atoms with E-state index in [2.05, 4.69) is 20.0 Å². The molecular weight excluding hydrogens is 280 g/mol. The molecule has 2 heterocycles. The van der Waals surface area contributed by atoms with E-state index < -0.39 is 0 Å². The molecule has 8 nitrogen and oxygen atoms in total. The Kier molecular flexibility index (Phi) is 3.86. The van der Waals surface area contributed by atoms with E-state index in [1.807, 2.05) is 6.07 Å². The molecule has 1 amide bonds. The Bertz CT molecular complexity index is 655. The molecule has 9 heteroatoms. The van der Waals surface area contributed by atoms with Crippen LogP contribution in [0.25, 0.3) is 0 Å². The number of nitrogen functional groups attached to an aromatic ring is 1. The lowest BCUT2D eigenvalue weighted by Gasteiger charge is -2.08. The van der Waals surface area contributed by atoms with Gasteiger partial charge >= 0.3 is 0 Å². The highest BCUT2D eigenvalue weighted by molar-refractivity contribution is 7.18. The Labute approximate surface area is 118 Å². The number of aromatic nitrogens is 2. The van der Waals surface area contributed by atoms with Gasteiger partial charge in [-0.1, -0.05) is 5.16 Å². The number of carbonyl (C=O) groups is 1. The second-order valence-electron chi connectivity index (χ2n) is 4.06. The third-order valence-electron chi connectivity index (χ3n) is 2.47. The molecule has 20 heavy (non-hydrogen) atoms. The average molecular weight is 292 g/mol. The summed E-state index contributed by atoms with van der Waals surface area (Å²) in [4.78, 5) is 17.6. The zero-order valence-corrected chi connectivity index (χ0v) is 11.7. The molecule has 2 aromatic rings. The van der Waals surface area contributed by atoms with Crippen molar-refractivity contribution in [3.8, 4) is 6.07 Å². The fourth-order valence-electron chi connectivity index (χ4n) is 1.47. The number of carbonyl (C=O) groups excluding carboxylic acids is 1. The molecule has 0 bridgehead atoms. The van der Waals surface area contributed by atoms with E-state index in [0.717, 1.165) is 11.3 Å². The van der Waals surface area contributed by atoms with Crippen molar-refractivity contribution < 1.29 is 9.32 Å². The first kappa shape index (κ1) is 13.8. The summed E-state index contributed by atoms with van der Waals surface area (Å²) in [5.74, 6) is 0.206. The normalized spacial score (nSPS) is 10.1. The predicted octanol–water partition coefficient (Wildman–Crippen LogP) is 0.899. The van der Waals surface area contributed by atoms with Crippen LogP contribution in [0.2, 0.25) is 0 Å². The topological polar surface area (TPSA) is 121 Å². The Balaban J connectivity index is 2.27. The van der Waals surface area contributed by atoms with Crippen LogP contribution in [0, 0.1) is 11.3 Å². The number of amides is 1. The second-order valence-corrected chi connectivity index (χ2v) is 5.08. The van der Waals surface area contributed by atoms with E-state index >= 15 is 0 Å². The second kappa shape index (κ2) is 5.58. The number of rotatable bonds is 4. The van der Waals surface area contributed by atoms with Gasteiger partial charge in [0.05, 0.1) is 12.2 Å². The van der Waals surface area contributed by atoms with E-state index in [1.54, 1.807) is 14.1 Å². The molecule has 0 aliphatic carbocycles. The molecule has 0 aliphatic heterocycles. The third kappa shape index (κ3) is 2.55. The number of thiophene rings is 1. The Hall–Kier alpha value is -2.60. The molecular formula is C11H12N6O2S. The zero-order chi connectivity index (χ0) is 14.7. The highest BCUT2D eigenvalue weighted by Crippen LogP contribution is 2.35. The zero-order valence-electron chi connectivity index (χ0n) is 10.9. The standard InChI is InChI=1S/C11H12N6O2S/c1-17(2)11(18)9-8(13)6(3-12)10(20-9)14-4-7-15-5-19-16-7/h5,14H,4,13H2,1-2H3. The van der Waals surface area contributed by atoms with Crippen molar-refractivity contribution in [3.05, 3.63) is 22.7 Å². The molecule has 3 N–H and O–H groups in total. The fraction of sp³-hybridized carbons (Fsp3) is 0.273. The maximum absolute atomic E-state index is 12.0. The van der Waals surface area contributed by atoms with Gasteiger partial charge in [-0.3, -0.25) is 4.79 Å². The quantitative estimate of drug-likeness (QED) is 0.858. The Morgan fingerprint density at radius 2 is 2.40 bits per heavy atom. The highest BCUT2D eigenvalue weighted by Gasteiger charge is 2.22. The van der Waals surface area contributed by atoms with Crippen LogP contribution in [0.3, 0.4) is 0 Å². The number of hydrogen-bond donors (Lipinski definition) is 2. The molecule has 0 aromatic carbocycles. The van der Waals surface area contributed by atoms with E-state index in [-0.39, 0.29) is 23.7 Å². The van der Waals surface area contributed by atoms with Crippen LogP contribution in [0.1, 0.15) is 21.1 Å². The van der Waals surface area contributed by atoms with Crippen LogP contribution in [0.4, 0.5) is 10.7 Å². The summed E-state index contributed by atoms with van der Waals surface area (Å²) in [7, 11) is 3.25. The molecule has 0 radical (unpaired) electrons. The monoisotopic (exact) mass is 292 g/mol. The summed E-state index contributed by atoms with van der Waals surface area (Å²) in [6.07, 6.45) is 1.21. The lowest BCUT2D eigenvalue weighted by Crippen LogP contribution is -2.21. The molecule has 0 saturated heterocycles. The van der Waals surface area contributed by atoms with Crippen molar-refractivity contribution in [1.29, 1.82) is 5.26 Å². The van der Waals surface area contributed by atoms with Crippen molar-refractivity contribution in [2.75, 3.05) is 25.1 Å². The van der Waals surface area contributed by atoms with E-state index in [9.17, 15) is 4.79 Å². The van der Waals surface area contributed by atoms with Crippen molar-refractivity contribution in [3.63, 3.8) is 0 Å². The van der Waals surface area contributed by atoms with Gasteiger partial charge in [-0.25, -0.2) is 0 Å². The third-order valence-corrected chi connectivity index (χ3v) is 3.62. The van der Waals surface area contributed by atoms with Crippen LogP contribution in [0.5, 0.6) is 0 Å². The number of anilines is 2. The Morgan fingerprint density at radius 1 is 1.65 bits per heavy atom. The van der Waals surface area contributed by atoms with Gasteiger partial charge in [0.25, 0.3) is 5.91 Å². The minimum absolute atomic E-state index is 0.187. The van der Waals surface area contributed by atoms with E-state index in [4.69, 9.17) is 11.0 Å². The van der Waals surface area contributed by atoms with Crippen LogP contribution >= 0.6 is 11.3 Å². The molecule has 0 unspecified atom stereocenters. The molecule has 0 fully saturated rings. The number of hydrogen-bond acceptors (Lipinski definition) is 8. The summed E-state index contributed by atoms with van der Waals surface area (Å²) >= 11 is 1.13. The van der Waals surface area contributed by atoms with Gasteiger partial charge in [0.1, 0.15) is 21.5 Å². The SMILES string of the molecule is CN(C)C(=O)c1sc(NCc2ncon2)c(C#N)c1N. The summed E-state index contributed by atoms with van der Waals surface area (Å²) in [5.41, 5.74) is 6.29. The summed E-state index contributed by atoms with van der Waals surface area (Å²) in [6.45, 7) is 0.279. The van der Waals surface area contributed by atoms with Gasteiger partial charge in [0.2, 0.25) is 6.39 Å². The maximum atomic E-state index is 12.0. The number of nitrogens with two attached hydrogens (primary N) is 1. The van der Waals surface area contributed by atoms with Gasteiger partial charge in [0.15, 0.2) is 5.82 Å². The predicted molar refractivity (Wildman–Crippen MR) is 73.1 cm³/mol. The average Bonchev–Trinajstić information content (AvgIpc) is 3.03. The van der Waals surface area contributed by atoms with Gasteiger partial charge in [0, 0.05) is 14.1 Å². The minimum Gasteiger partial charge on any atom is -0.396 e. The van der Waals surface area contributed by atoms with Crippen molar-refractivity contribution in [1.82, 2.24) is 15.0 Å². The number of nitrogens with zero attached hydrogens (tertiary/aromatic N) is 4. The van der Waals surface area contributed by atoms with Crippen molar-refractivity contribution in [2.45, 2.75) is 6.54 Å². The fourth-order valence-corrected chi connectivity index (χ4v) is 2.56. The first-order chi connectivity index (χ1) is 9.54. The molecule has 0 saturated carbocycles. The van der Waals surface area contributed by atoms with Crippen LogP contribution in [0.15, 0.2) is 10.9 Å². The maximum Gasteiger partial charge on any atom is 0.265 e. The first-order valence-electron chi connectivity index (χ1n) is 5.57. The van der Waals surface area contributed by atoms with Gasteiger partial charge < -0.3 is 20.5 Å². The molecule has 0 atom stereocenters. The number of nitrogens with one attached hydrogen (secondary N) is 1. The molecule has 0 spiro atoms. The van der Waals surface area contributed by atoms with E-state index in [0.29, 0.717) is 15.7 Å². The highest BCUT2D eigenvalue weighted by atomic mass is 32.1. The Morgan fingerprint density at radius 3 is 2.95 bits per heavy atom. The summed E-state index contributed by atoms with van der Waals surface area (Å²) in [5, 5.41) is 16.3. The van der Waals surface area contributed by atoms with Crippen LogP contribution < -0.4 is 11.1 Å². The van der Waals surface area contributed by atoms with Gasteiger partial charge in [-0.05, 0) is 0 Å². The van der Waals surface area contributed by atoms with Gasteiger partial charge in [-0.2, -0.15) is 10.2 Å². The summed E-state index contributed by atoms with van der Waals surface area (Å²) < 4.78 is 4.61. The molecule has 2 rings (SSSR count). The van der Waals surface area contributed by atoms with Crippen molar-refractivity contribution >= 4 is 27.9 Å². The van der Waals surface area contributed by atoms with Crippen molar-refractivity contribution in [2.24, 2.45) is 0 Å². The summed E-state index contributed by atoms with van der Waals surface area (Å²) in [6, 6.07) is 2.00. The molecule has 0 aliphatic rings. The van der Waals surface area contributed by atoms with Crippen LogP contribution in [-0.2, 0) is 6.54 Å². The molecule has 2 aromatic heterocycles. The lowest BCUT2D eigenvalue weighted by atomic mass is 10.2. The first-order valence-corrected chi connectivity index (χ1v) is 6.39. The lowest BCUT2D eigenvalue weighted by molar-refractivity contribution is 0.0833. The van der Waals surface area contributed by atoms with E-state index in [1.165, 1.54) is 11.3 Å². The number of nitriles is 1. The molecule has 104 valence electrons. The van der Waals surface area contributed by atoms with Gasteiger partial charge in [-0.15, -0.1) is 11.3 Å². The minimum atomic E-state index is -0.239. The largest absolute Gasteiger partial charge is 0.396 e. The van der Waals surface area contributed by atoms with Crippen LogP contribution in [-0.4, -0.2) is 35.0 Å².